The Balaban J connectivity index is 2.59. The molecule has 2 aromatic heterocycles. The van der Waals surface area contributed by atoms with Gasteiger partial charge in [0.1, 0.15) is 4.34 Å². The summed E-state index contributed by atoms with van der Waals surface area (Å²) in [6.45, 7) is 0. The van der Waals surface area contributed by atoms with Crippen LogP contribution in [0.4, 0.5) is 10.8 Å². The lowest BCUT2D eigenvalue weighted by molar-refractivity contribution is 0.0691. The number of carbonyl (C=O) groups is 1. The fourth-order valence-corrected chi connectivity index (χ4v) is 4.56. The van der Waals surface area contributed by atoms with E-state index in [1.807, 2.05) is 0 Å². The Morgan fingerprint density at radius 1 is 1.40 bits per heavy atom. The number of anilines is 2. The average molecular weight is 375 g/mol. The molecule has 2 heterocycles. The van der Waals surface area contributed by atoms with Crippen molar-refractivity contribution in [3.63, 3.8) is 0 Å². The molecule has 0 unspecified atom stereocenters. The fourth-order valence-electron chi connectivity index (χ4n) is 1.25. The summed E-state index contributed by atoms with van der Waals surface area (Å²) in [6, 6.07) is 1.23. The standard InChI is InChI=1S/C8H4Cl2N2O5S3/c9-5-1-4(6(10)19-5)12(20(15,16)17)8-11-3(2-18-8)7(13)14/h1-2H,(H,13,14)(H,15,16,17). The average Bonchev–Trinajstić information content (AvgIpc) is 2.85. The molecule has 7 nitrogen and oxygen atoms in total. The second kappa shape index (κ2) is 5.47. The van der Waals surface area contributed by atoms with Gasteiger partial charge in [0.2, 0.25) is 5.13 Å². The molecule has 108 valence electrons. The normalized spacial score (nSPS) is 11.6. The van der Waals surface area contributed by atoms with Crippen LogP contribution in [0.2, 0.25) is 8.67 Å². The van der Waals surface area contributed by atoms with Gasteiger partial charge < -0.3 is 5.11 Å². The van der Waals surface area contributed by atoms with Crippen molar-refractivity contribution >= 4 is 73.0 Å². The highest BCUT2D eigenvalue weighted by molar-refractivity contribution is 7.87. The lowest BCUT2D eigenvalue weighted by Gasteiger charge is -2.16. The van der Waals surface area contributed by atoms with E-state index in [-0.39, 0.29) is 25.2 Å². The van der Waals surface area contributed by atoms with Crippen molar-refractivity contribution in [1.82, 2.24) is 4.98 Å². The van der Waals surface area contributed by atoms with Crippen LogP contribution in [0.3, 0.4) is 0 Å². The molecule has 2 aromatic rings. The molecule has 2 N–H and O–H groups in total. The highest BCUT2D eigenvalue weighted by Gasteiger charge is 2.29. The summed E-state index contributed by atoms with van der Waals surface area (Å²) in [5.74, 6) is -1.32. The maximum absolute atomic E-state index is 11.5. The van der Waals surface area contributed by atoms with Crippen LogP contribution in [0, 0.1) is 0 Å². The molecule has 2 rings (SSSR count). The molecule has 0 aliphatic heterocycles. The van der Waals surface area contributed by atoms with Crippen molar-refractivity contribution in [2.75, 3.05) is 4.31 Å². The van der Waals surface area contributed by atoms with Gasteiger partial charge in [0.05, 0.1) is 10.0 Å². The summed E-state index contributed by atoms with van der Waals surface area (Å²) in [4.78, 5) is 14.4. The molecular weight excluding hydrogens is 371 g/mol. The molecule has 0 radical (unpaired) electrons. The number of carboxylic acids is 1. The summed E-state index contributed by atoms with van der Waals surface area (Å²) in [7, 11) is -4.74. The monoisotopic (exact) mass is 374 g/mol. The highest BCUT2D eigenvalue weighted by Crippen LogP contribution is 2.42. The van der Waals surface area contributed by atoms with E-state index < -0.39 is 16.3 Å². The van der Waals surface area contributed by atoms with E-state index in [0.717, 1.165) is 28.1 Å². The van der Waals surface area contributed by atoms with E-state index in [1.54, 1.807) is 0 Å². The van der Waals surface area contributed by atoms with Crippen LogP contribution in [-0.2, 0) is 10.3 Å². The minimum atomic E-state index is -4.74. The quantitative estimate of drug-likeness (QED) is 0.795. The van der Waals surface area contributed by atoms with Gasteiger partial charge in [-0.1, -0.05) is 23.2 Å². The zero-order valence-corrected chi connectivity index (χ0v) is 13.1. The van der Waals surface area contributed by atoms with Gasteiger partial charge >= 0.3 is 16.3 Å². The molecule has 0 bridgehead atoms. The van der Waals surface area contributed by atoms with Gasteiger partial charge in [0.15, 0.2) is 5.69 Å². The number of aromatic carboxylic acids is 1. The smallest absolute Gasteiger partial charge is 0.366 e. The molecule has 0 aliphatic carbocycles. The first-order valence-corrected chi connectivity index (χ1v) is 8.46. The number of hydrogen-bond acceptors (Lipinski definition) is 6. The molecule has 12 heteroatoms. The lowest BCUT2D eigenvalue weighted by Crippen LogP contribution is -2.25. The highest BCUT2D eigenvalue weighted by atomic mass is 35.5. The SMILES string of the molecule is O=C(O)c1csc(N(c2cc(Cl)sc2Cl)S(=O)(=O)O)n1. The zero-order chi connectivity index (χ0) is 15.1. The molecule has 0 aromatic carbocycles. The summed E-state index contributed by atoms with van der Waals surface area (Å²) in [5, 5.41) is 9.65. The Morgan fingerprint density at radius 3 is 2.45 bits per heavy atom. The van der Waals surface area contributed by atoms with Crippen molar-refractivity contribution in [2.45, 2.75) is 0 Å². The largest absolute Gasteiger partial charge is 0.476 e. The van der Waals surface area contributed by atoms with Gasteiger partial charge in [-0.2, -0.15) is 12.7 Å². The first-order valence-electron chi connectivity index (χ1n) is 4.61. The summed E-state index contributed by atoms with van der Waals surface area (Å²) in [5.41, 5.74) is -0.452. The topological polar surface area (TPSA) is 108 Å². The van der Waals surface area contributed by atoms with Crippen LogP contribution in [0.25, 0.3) is 0 Å². The Hall–Kier alpha value is -0.910. The summed E-state index contributed by atoms with van der Waals surface area (Å²) < 4.78 is 32.9. The van der Waals surface area contributed by atoms with Gasteiger partial charge in [0, 0.05) is 5.38 Å². The number of thiophene rings is 1. The minimum absolute atomic E-state index is 0.0136. The molecule has 0 spiro atoms. The molecule has 0 amide bonds. The van der Waals surface area contributed by atoms with Crippen molar-refractivity contribution in [3.8, 4) is 0 Å². The minimum Gasteiger partial charge on any atom is -0.476 e. The van der Waals surface area contributed by atoms with Crippen molar-refractivity contribution in [3.05, 3.63) is 25.8 Å². The number of aromatic nitrogens is 1. The van der Waals surface area contributed by atoms with E-state index in [9.17, 15) is 17.8 Å². The Morgan fingerprint density at radius 2 is 2.05 bits per heavy atom. The third-order valence-corrected chi connectivity index (χ3v) is 5.21. The molecule has 0 saturated carbocycles. The summed E-state index contributed by atoms with van der Waals surface area (Å²) >= 11 is 13.2. The Bertz CT molecular complexity index is 769. The van der Waals surface area contributed by atoms with Gasteiger partial charge in [-0.05, 0) is 6.07 Å². The van der Waals surface area contributed by atoms with E-state index in [0.29, 0.717) is 4.31 Å². The van der Waals surface area contributed by atoms with Gasteiger partial charge in [-0.3, -0.25) is 4.55 Å². The Kier molecular flexibility index (Phi) is 4.23. The lowest BCUT2D eigenvalue weighted by atomic mass is 10.5. The van der Waals surface area contributed by atoms with E-state index in [1.165, 1.54) is 6.07 Å². The van der Waals surface area contributed by atoms with Crippen LogP contribution in [-0.4, -0.2) is 29.0 Å². The van der Waals surface area contributed by atoms with Gasteiger partial charge in [-0.15, -0.1) is 22.7 Å². The molecule has 0 saturated heterocycles. The maximum atomic E-state index is 11.5. The predicted molar refractivity (Wildman–Crippen MR) is 77.1 cm³/mol. The first-order chi connectivity index (χ1) is 9.20. The van der Waals surface area contributed by atoms with Gasteiger partial charge in [0.25, 0.3) is 0 Å². The maximum Gasteiger partial charge on any atom is 0.366 e. The number of halogens is 2. The molecule has 0 fully saturated rings. The number of nitrogens with zero attached hydrogens (tertiary/aromatic N) is 2. The fraction of sp³-hybridized carbons (Fsp3) is 0. The van der Waals surface area contributed by atoms with Crippen molar-refractivity contribution in [1.29, 1.82) is 0 Å². The van der Waals surface area contributed by atoms with E-state index in [2.05, 4.69) is 4.98 Å². The number of thiazole rings is 1. The molecule has 20 heavy (non-hydrogen) atoms. The molecular formula is C8H4Cl2N2O5S3. The third kappa shape index (κ3) is 3.05. The van der Waals surface area contributed by atoms with Crippen LogP contribution in [0.1, 0.15) is 10.5 Å². The molecule has 0 aliphatic rings. The number of rotatable bonds is 4. The number of carboxylic acid groups (broad SMARTS) is 1. The second-order valence-electron chi connectivity index (χ2n) is 3.27. The Labute approximate surface area is 130 Å². The third-order valence-electron chi connectivity index (χ3n) is 1.97. The van der Waals surface area contributed by atoms with Gasteiger partial charge in [-0.25, -0.2) is 9.78 Å². The zero-order valence-electron chi connectivity index (χ0n) is 9.15. The van der Waals surface area contributed by atoms with Crippen molar-refractivity contribution in [2.24, 2.45) is 0 Å². The predicted octanol–water partition coefficient (Wildman–Crippen LogP) is 3.15. The van der Waals surface area contributed by atoms with Crippen molar-refractivity contribution < 1.29 is 22.9 Å². The van der Waals surface area contributed by atoms with Crippen LogP contribution >= 0.6 is 45.9 Å². The summed E-state index contributed by atoms with van der Waals surface area (Å²) in [6.07, 6.45) is 0. The van der Waals surface area contributed by atoms with Crippen LogP contribution in [0.15, 0.2) is 11.4 Å². The van der Waals surface area contributed by atoms with Crippen LogP contribution < -0.4 is 4.31 Å². The number of hydrogen-bond donors (Lipinski definition) is 2. The van der Waals surface area contributed by atoms with E-state index in [4.69, 9.17) is 28.3 Å². The van der Waals surface area contributed by atoms with Crippen LogP contribution in [0.5, 0.6) is 0 Å². The van der Waals surface area contributed by atoms with E-state index >= 15 is 0 Å². The molecule has 0 atom stereocenters. The second-order valence-corrected chi connectivity index (χ2v) is 7.66. The first kappa shape index (κ1) is 15.5.